The van der Waals surface area contributed by atoms with Gasteiger partial charge in [0.2, 0.25) is 0 Å². The summed E-state index contributed by atoms with van der Waals surface area (Å²) in [5.41, 5.74) is 2.17. The maximum atomic E-state index is 5.71. The van der Waals surface area contributed by atoms with Gasteiger partial charge in [0.1, 0.15) is 12.4 Å². The number of rotatable bonds is 4. The molecule has 0 N–H and O–H groups in total. The molecule has 0 aliphatic heterocycles. The molecular weight excluding hydrogens is 252 g/mol. The number of hydrogen-bond acceptors (Lipinski definition) is 2. The van der Waals surface area contributed by atoms with Crippen LogP contribution in [0.5, 0.6) is 5.75 Å². The molecule has 0 spiro atoms. The van der Waals surface area contributed by atoms with Gasteiger partial charge in [0.15, 0.2) is 0 Å². The number of hydrogen-bond donors (Lipinski definition) is 1. The van der Waals surface area contributed by atoms with Gasteiger partial charge in [-0.25, -0.2) is 0 Å². The predicted molar refractivity (Wildman–Crippen MR) is 82.6 cm³/mol. The monoisotopic (exact) mass is 268 g/mol. The van der Waals surface area contributed by atoms with Crippen LogP contribution in [0.4, 0.5) is 0 Å². The molecular formula is C17H16OS. The molecule has 0 heterocycles. The fourth-order valence-corrected chi connectivity index (χ4v) is 1.71. The van der Waals surface area contributed by atoms with Gasteiger partial charge in [0, 0.05) is 17.7 Å². The molecule has 0 bridgehead atoms. The van der Waals surface area contributed by atoms with Gasteiger partial charge in [0.25, 0.3) is 0 Å². The van der Waals surface area contributed by atoms with Gasteiger partial charge < -0.3 is 4.74 Å². The zero-order chi connectivity index (χ0) is 13.3. The summed E-state index contributed by atoms with van der Waals surface area (Å²) in [4.78, 5) is 0. The van der Waals surface area contributed by atoms with Gasteiger partial charge in [-0.2, -0.15) is 12.6 Å². The van der Waals surface area contributed by atoms with Crippen LogP contribution < -0.4 is 4.74 Å². The molecule has 0 radical (unpaired) electrons. The SMILES string of the molecule is SCCC#Cc1ccc(OCc2ccccc2)cc1. The Labute approximate surface area is 120 Å². The van der Waals surface area contributed by atoms with Crippen molar-refractivity contribution in [3.05, 3.63) is 65.7 Å². The first-order valence-corrected chi connectivity index (χ1v) is 6.88. The van der Waals surface area contributed by atoms with Crippen LogP contribution in [0.25, 0.3) is 0 Å². The second kappa shape index (κ2) is 7.56. The van der Waals surface area contributed by atoms with Crippen LogP contribution in [-0.4, -0.2) is 5.75 Å². The van der Waals surface area contributed by atoms with E-state index in [4.69, 9.17) is 4.74 Å². The molecule has 96 valence electrons. The molecule has 2 aromatic carbocycles. The zero-order valence-electron chi connectivity index (χ0n) is 10.7. The quantitative estimate of drug-likeness (QED) is 0.653. The van der Waals surface area contributed by atoms with E-state index in [0.717, 1.165) is 23.5 Å². The van der Waals surface area contributed by atoms with Gasteiger partial charge in [-0.05, 0) is 29.8 Å². The van der Waals surface area contributed by atoms with Crippen LogP contribution >= 0.6 is 12.6 Å². The summed E-state index contributed by atoms with van der Waals surface area (Å²) in [5, 5.41) is 0. The lowest BCUT2D eigenvalue weighted by Gasteiger charge is -2.05. The Balaban J connectivity index is 1.91. The van der Waals surface area contributed by atoms with Crippen molar-refractivity contribution >= 4 is 12.6 Å². The van der Waals surface area contributed by atoms with E-state index >= 15 is 0 Å². The topological polar surface area (TPSA) is 9.23 Å². The maximum absolute atomic E-state index is 5.71. The van der Waals surface area contributed by atoms with Gasteiger partial charge >= 0.3 is 0 Å². The molecule has 0 fully saturated rings. The van der Waals surface area contributed by atoms with Crippen LogP contribution in [0.3, 0.4) is 0 Å². The average Bonchev–Trinajstić information content (AvgIpc) is 2.48. The third-order valence-electron chi connectivity index (χ3n) is 2.57. The van der Waals surface area contributed by atoms with Crippen molar-refractivity contribution in [1.82, 2.24) is 0 Å². The summed E-state index contributed by atoms with van der Waals surface area (Å²) in [5.74, 6) is 7.81. The van der Waals surface area contributed by atoms with Crippen molar-refractivity contribution in [3.8, 4) is 17.6 Å². The molecule has 0 unspecified atom stereocenters. The van der Waals surface area contributed by atoms with E-state index in [1.807, 2.05) is 42.5 Å². The first-order valence-electron chi connectivity index (χ1n) is 6.25. The molecule has 1 nitrogen and oxygen atoms in total. The largest absolute Gasteiger partial charge is 0.489 e. The Bertz CT molecular complexity index is 549. The molecule has 2 rings (SSSR count). The smallest absolute Gasteiger partial charge is 0.119 e. The third-order valence-corrected chi connectivity index (χ3v) is 2.80. The minimum atomic E-state index is 0.589. The lowest BCUT2D eigenvalue weighted by Crippen LogP contribution is -1.94. The number of ether oxygens (including phenoxy) is 1. The Hall–Kier alpha value is -1.85. The van der Waals surface area contributed by atoms with Gasteiger partial charge in [-0.15, -0.1) is 0 Å². The van der Waals surface area contributed by atoms with E-state index in [1.165, 1.54) is 5.56 Å². The van der Waals surface area contributed by atoms with Crippen molar-refractivity contribution in [2.24, 2.45) is 0 Å². The average molecular weight is 268 g/mol. The second-order valence-electron chi connectivity index (χ2n) is 4.07. The Morgan fingerprint density at radius 1 is 0.947 bits per heavy atom. The molecule has 0 saturated carbocycles. The normalized spacial score (nSPS) is 9.53. The molecule has 0 aliphatic carbocycles. The summed E-state index contributed by atoms with van der Waals surface area (Å²) in [6.45, 7) is 0.589. The molecule has 0 saturated heterocycles. The van der Waals surface area contributed by atoms with Crippen molar-refractivity contribution in [1.29, 1.82) is 0 Å². The van der Waals surface area contributed by atoms with Crippen molar-refractivity contribution < 1.29 is 4.74 Å². The van der Waals surface area contributed by atoms with Crippen LogP contribution in [0.15, 0.2) is 54.6 Å². The lowest BCUT2D eigenvalue weighted by atomic mass is 10.2. The Morgan fingerprint density at radius 2 is 1.68 bits per heavy atom. The van der Waals surface area contributed by atoms with E-state index < -0.39 is 0 Å². The van der Waals surface area contributed by atoms with Crippen molar-refractivity contribution in [2.45, 2.75) is 13.0 Å². The summed E-state index contributed by atoms with van der Waals surface area (Å²) in [6.07, 6.45) is 0.815. The van der Waals surface area contributed by atoms with Crippen LogP contribution in [0, 0.1) is 11.8 Å². The standard InChI is InChI=1S/C17H16OS/c19-13-5-4-6-15-9-11-17(12-10-15)18-14-16-7-2-1-3-8-16/h1-3,7-12,19H,5,13-14H2. The molecule has 2 aromatic rings. The van der Waals surface area contributed by atoms with Crippen molar-refractivity contribution in [2.75, 3.05) is 5.75 Å². The van der Waals surface area contributed by atoms with Gasteiger partial charge in [0.05, 0.1) is 0 Å². The van der Waals surface area contributed by atoms with E-state index in [0.29, 0.717) is 6.61 Å². The Morgan fingerprint density at radius 3 is 2.37 bits per heavy atom. The second-order valence-corrected chi connectivity index (χ2v) is 4.52. The minimum absolute atomic E-state index is 0.589. The highest BCUT2D eigenvalue weighted by molar-refractivity contribution is 7.80. The third kappa shape index (κ3) is 4.73. The van der Waals surface area contributed by atoms with E-state index in [9.17, 15) is 0 Å². The molecule has 19 heavy (non-hydrogen) atoms. The predicted octanol–water partition coefficient (Wildman–Crippen LogP) is 3.94. The summed E-state index contributed by atoms with van der Waals surface area (Å²) >= 11 is 4.12. The molecule has 0 aliphatic rings. The fraction of sp³-hybridized carbons (Fsp3) is 0.176. The number of thiol groups is 1. The van der Waals surface area contributed by atoms with Gasteiger partial charge in [-0.3, -0.25) is 0 Å². The molecule has 0 amide bonds. The van der Waals surface area contributed by atoms with E-state index in [2.05, 4.69) is 36.6 Å². The highest BCUT2D eigenvalue weighted by Gasteiger charge is 1.95. The fourth-order valence-electron chi connectivity index (χ4n) is 1.60. The highest BCUT2D eigenvalue weighted by Crippen LogP contribution is 2.13. The van der Waals surface area contributed by atoms with E-state index in [-0.39, 0.29) is 0 Å². The zero-order valence-corrected chi connectivity index (χ0v) is 11.6. The summed E-state index contributed by atoms with van der Waals surface area (Å²) < 4.78 is 5.71. The van der Waals surface area contributed by atoms with Crippen LogP contribution in [-0.2, 0) is 6.61 Å². The van der Waals surface area contributed by atoms with Crippen LogP contribution in [0.2, 0.25) is 0 Å². The Kier molecular flexibility index (Phi) is 5.40. The first-order chi connectivity index (χ1) is 9.38. The van der Waals surface area contributed by atoms with Crippen molar-refractivity contribution in [3.63, 3.8) is 0 Å². The van der Waals surface area contributed by atoms with Gasteiger partial charge in [-0.1, -0.05) is 42.2 Å². The first kappa shape index (κ1) is 13.6. The summed E-state index contributed by atoms with van der Waals surface area (Å²) in [7, 11) is 0. The highest BCUT2D eigenvalue weighted by atomic mass is 32.1. The number of benzene rings is 2. The lowest BCUT2D eigenvalue weighted by molar-refractivity contribution is 0.306. The summed E-state index contributed by atoms with van der Waals surface area (Å²) in [6, 6.07) is 18.0. The maximum Gasteiger partial charge on any atom is 0.119 e. The molecule has 2 heteroatoms. The van der Waals surface area contributed by atoms with Crippen LogP contribution in [0.1, 0.15) is 17.5 Å². The molecule has 0 atom stereocenters. The minimum Gasteiger partial charge on any atom is -0.489 e. The molecule has 0 aromatic heterocycles. The van der Waals surface area contributed by atoms with E-state index in [1.54, 1.807) is 0 Å².